The number of anilines is 1. The Hall–Kier alpha value is -1.67. The second-order valence-electron chi connectivity index (χ2n) is 4.65. The van der Waals surface area contributed by atoms with Gasteiger partial charge in [0.15, 0.2) is 0 Å². The lowest BCUT2D eigenvalue weighted by molar-refractivity contribution is 0.333. The lowest BCUT2D eigenvalue weighted by Gasteiger charge is -2.10. The minimum atomic E-state index is 0.609. The van der Waals surface area contributed by atoms with Crippen molar-refractivity contribution in [2.45, 2.75) is 19.8 Å². The van der Waals surface area contributed by atoms with Gasteiger partial charge in [-0.25, -0.2) is 0 Å². The molecule has 0 aliphatic carbocycles. The number of para-hydroxylation sites is 1. The molecule has 106 valence electrons. The number of ether oxygens (including phenoxy) is 1. The third kappa shape index (κ3) is 4.46. The van der Waals surface area contributed by atoms with Crippen LogP contribution in [0.4, 0.5) is 5.69 Å². The van der Waals surface area contributed by atoms with Crippen molar-refractivity contribution in [1.29, 1.82) is 0 Å². The van der Waals surface area contributed by atoms with E-state index in [1.807, 2.05) is 36.4 Å². The first-order valence-corrected chi connectivity index (χ1v) is 7.37. The molecule has 2 aromatic carbocycles. The Bertz CT molecular complexity index is 525. The number of halogens is 1. The first-order valence-electron chi connectivity index (χ1n) is 6.99. The van der Waals surface area contributed by atoms with Gasteiger partial charge in [-0.15, -0.1) is 0 Å². The van der Waals surface area contributed by atoms with Gasteiger partial charge in [0.25, 0.3) is 0 Å². The zero-order chi connectivity index (χ0) is 14.2. The zero-order valence-corrected chi connectivity index (χ0v) is 12.5. The molecule has 20 heavy (non-hydrogen) atoms. The van der Waals surface area contributed by atoms with Crippen LogP contribution in [0.5, 0.6) is 5.75 Å². The fourth-order valence-corrected chi connectivity index (χ4v) is 2.20. The van der Waals surface area contributed by atoms with Crippen molar-refractivity contribution >= 4 is 17.3 Å². The van der Waals surface area contributed by atoms with Crippen LogP contribution in [0.25, 0.3) is 0 Å². The van der Waals surface area contributed by atoms with Gasteiger partial charge in [0.05, 0.1) is 10.7 Å². The number of rotatable bonds is 7. The molecule has 2 rings (SSSR count). The van der Waals surface area contributed by atoms with Crippen LogP contribution in [-0.4, -0.2) is 13.2 Å². The van der Waals surface area contributed by atoms with E-state index in [4.69, 9.17) is 16.3 Å². The first-order chi connectivity index (χ1) is 9.79. The van der Waals surface area contributed by atoms with E-state index < -0.39 is 0 Å². The molecule has 0 aliphatic rings. The van der Waals surface area contributed by atoms with Crippen LogP contribution in [0.15, 0.2) is 48.5 Å². The Kier molecular flexibility index (Phi) is 5.75. The van der Waals surface area contributed by atoms with E-state index in [1.54, 1.807) is 0 Å². The average molecular weight is 290 g/mol. The van der Waals surface area contributed by atoms with E-state index in [-0.39, 0.29) is 0 Å². The molecule has 0 atom stereocenters. The van der Waals surface area contributed by atoms with Gasteiger partial charge in [-0.3, -0.25) is 0 Å². The molecule has 0 radical (unpaired) electrons. The van der Waals surface area contributed by atoms with Gasteiger partial charge in [0.2, 0.25) is 0 Å². The summed E-state index contributed by atoms with van der Waals surface area (Å²) >= 11 is 6.06. The summed E-state index contributed by atoms with van der Waals surface area (Å²) < 4.78 is 5.70. The summed E-state index contributed by atoms with van der Waals surface area (Å²) in [5.74, 6) is 0.908. The lowest BCUT2D eigenvalue weighted by Crippen LogP contribution is -2.11. The molecule has 0 fully saturated rings. The maximum Gasteiger partial charge on any atom is 0.119 e. The third-order valence-corrected chi connectivity index (χ3v) is 3.35. The van der Waals surface area contributed by atoms with Gasteiger partial charge in [-0.1, -0.05) is 49.2 Å². The smallest absolute Gasteiger partial charge is 0.119 e. The summed E-state index contributed by atoms with van der Waals surface area (Å²) in [5, 5.41) is 3.99. The first kappa shape index (κ1) is 14.7. The van der Waals surface area contributed by atoms with Gasteiger partial charge in [0.1, 0.15) is 12.4 Å². The fourth-order valence-electron chi connectivity index (χ4n) is 2.00. The maximum atomic E-state index is 6.06. The Morgan fingerprint density at radius 2 is 1.80 bits per heavy atom. The summed E-state index contributed by atoms with van der Waals surface area (Å²) in [6, 6.07) is 16.0. The van der Waals surface area contributed by atoms with Gasteiger partial charge in [0, 0.05) is 6.54 Å². The van der Waals surface area contributed by atoms with Crippen LogP contribution < -0.4 is 10.1 Å². The Morgan fingerprint density at radius 1 is 1.05 bits per heavy atom. The van der Waals surface area contributed by atoms with Gasteiger partial charge in [-0.05, 0) is 36.2 Å². The monoisotopic (exact) mass is 289 g/mol. The summed E-state index contributed by atoms with van der Waals surface area (Å²) in [6.45, 7) is 3.52. The SMILES string of the molecule is CCCc1ccc(OCCNc2ccccc2Cl)cc1. The molecule has 0 saturated carbocycles. The Labute approximate surface area is 125 Å². The van der Waals surface area contributed by atoms with E-state index in [0.29, 0.717) is 6.61 Å². The number of hydrogen-bond donors (Lipinski definition) is 1. The number of benzene rings is 2. The van der Waals surface area contributed by atoms with E-state index in [0.717, 1.165) is 29.4 Å². The number of hydrogen-bond acceptors (Lipinski definition) is 2. The molecule has 3 heteroatoms. The van der Waals surface area contributed by atoms with E-state index in [9.17, 15) is 0 Å². The van der Waals surface area contributed by atoms with Crippen molar-refractivity contribution in [1.82, 2.24) is 0 Å². The molecule has 0 bridgehead atoms. The van der Waals surface area contributed by atoms with E-state index >= 15 is 0 Å². The molecule has 0 saturated heterocycles. The molecule has 0 unspecified atom stereocenters. The summed E-state index contributed by atoms with van der Waals surface area (Å²) in [4.78, 5) is 0. The number of nitrogens with one attached hydrogen (secondary N) is 1. The quantitative estimate of drug-likeness (QED) is 0.740. The third-order valence-electron chi connectivity index (χ3n) is 3.02. The highest BCUT2D eigenvalue weighted by Gasteiger charge is 1.98. The lowest BCUT2D eigenvalue weighted by atomic mass is 10.1. The van der Waals surface area contributed by atoms with E-state index in [1.165, 1.54) is 12.0 Å². The highest BCUT2D eigenvalue weighted by molar-refractivity contribution is 6.33. The minimum Gasteiger partial charge on any atom is -0.492 e. The van der Waals surface area contributed by atoms with Crippen LogP contribution in [0.1, 0.15) is 18.9 Å². The second kappa shape index (κ2) is 7.81. The highest BCUT2D eigenvalue weighted by Crippen LogP contribution is 2.20. The van der Waals surface area contributed by atoms with Crippen LogP contribution in [0.3, 0.4) is 0 Å². The molecule has 0 aliphatic heterocycles. The second-order valence-corrected chi connectivity index (χ2v) is 5.06. The van der Waals surface area contributed by atoms with Crippen molar-refractivity contribution in [2.75, 3.05) is 18.5 Å². The minimum absolute atomic E-state index is 0.609. The summed E-state index contributed by atoms with van der Waals surface area (Å²) in [6.07, 6.45) is 2.29. The molecule has 0 heterocycles. The van der Waals surface area contributed by atoms with Gasteiger partial charge < -0.3 is 10.1 Å². The van der Waals surface area contributed by atoms with Crippen LogP contribution in [-0.2, 0) is 6.42 Å². The standard InChI is InChI=1S/C17H20ClNO/c1-2-5-14-8-10-15(11-9-14)20-13-12-19-17-7-4-3-6-16(17)18/h3-4,6-11,19H,2,5,12-13H2,1H3. The predicted octanol–water partition coefficient (Wildman–Crippen LogP) is 4.78. The van der Waals surface area contributed by atoms with Crippen molar-refractivity contribution in [3.8, 4) is 5.75 Å². The van der Waals surface area contributed by atoms with Crippen LogP contribution in [0, 0.1) is 0 Å². The van der Waals surface area contributed by atoms with Crippen LogP contribution in [0.2, 0.25) is 5.02 Å². The molecular formula is C17H20ClNO. The van der Waals surface area contributed by atoms with E-state index in [2.05, 4.69) is 24.4 Å². The molecule has 0 spiro atoms. The fraction of sp³-hybridized carbons (Fsp3) is 0.294. The molecular weight excluding hydrogens is 270 g/mol. The maximum absolute atomic E-state index is 6.06. The molecule has 2 aromatic rings. The highest BCUT2D eigenvalue weighted by atomic mass is 35.5. The Morgan fingerprint density at radius 3 is 2.50 bits per heavy atom. The Balaban J connectivity index is 1.74. The normalized spacial score (nSPS) is 10.3. The van der Waals surface area contributed by atoms with Crippen molar-refractivity contribution in [2.24, 2.45) is 0 Å². The van der Waals surface area contributed by atoms with Crippen molar-refractivity contribution < 1.29 is 4.74 Å². The number of aryl methyl sites for hydroxylation is 1. The summed E-state index contributed by atoms with van der Waals surface area (Å²) in [7, 11) is 0. The largest absolute Gasteiger partial charge is 0.492 e. The predicted molar refractivity (Wildman–Crippen MR) is 85.9 cm³/mol. The van der Waals surface area contributed by atoms with Crippen molar-refractivity contribution in [3.63, 3.8) is 0 Å². The van der Waals surface area contributed by atoms with Gasteiger partial charge >= 0.3 is 0 Å². The summed E-state index contributed by atoms with van der Waals surface area (Å²) in [5.41, 5.74) is 2.30. The molecule has 1 N–H and O–H groups in total. The topological polar surface area (TPSA) is 21.3 Å². The van der Waals surface area contributed by atoms with Gasteiger partial charge in [-0.2, -0.15) is 0 Å². The zero-order valence-electron chi connectivity index (χ0n) is 11.7. The molecule has 0 amide bonds. The van der Waals surface area contributed by atoms with Crippen molar-refractivity contribution in [3.05, 3.63) is 59.1 Å². The molecule has 2 nitrogen and oxygen atoms in total. The van der Waals surface area contributed by atoms with Crippen LogP contribution >= 0.6 is 11.6 Å². The average Bonchev–Trinajstić information content (AvgIpc) is 2.47. The molecule has 0 aromatic heterocycles.